The van der Waals surface area contributed by atoms with E-state index in [0.29, 0.717) is 0 Å². The summed E-state index contributed by atoms with van der Waals surface area (Å²) in [6, 6.07) is 8.61. The van der Waals surface area contributed by atoms with Crippen LogP contribution in [0, 0.1) is 0 Å². The average Bonchev–Trinajstić information content (AvgIpc) is 2.30. The predicted molar refractivity (Wildman–Crippen MR) is 62.1 cm³/mol. The van der Waals surface area contributed by atoms with Crippen molar-refractivity contribution < 1.29 is 4.74 Å². The number of ether oxygens (including phenoxy) is 1. The third-order valence-electron chi connectivity index (χ3n) is 2.80. The highest BCUT2D eigenvalue weighted by Gasteiger charge is 2.10. The zero-order chi connectivity index (χ0) is 10.7. The van der Waals surface area contributed by atoms with Gasteiger partial charge >= 0.3 is 0 Å². The Balaban J connectivity index is 2.08. The molecule has 1 atom stereocenters. The molecular weight excluding hydrogens is 188 g/mol. The van der Waals surface area contributed by atoms with Gasteiger partial charge in [0.25, 0.3) is 0 Å². The van der Waals surface area contributed by atoms with Crippen molar-refractivity contribution in [3.05, 3.63) is 29.8 Å². The number of anilines is 1. The van der Waals surface area contributed by atoms with Gasteiger partial charge in [-0.1, -0.05) is 12.1 Å². The number of hydrogen-bond donors (Lipinski definition) is 1. The highest BCUT2D eigenvalue weighted by atomic mass is 16.5. The number of morpholine rings is 1. The smallest absolute Gasteiger partial charge is 0.0642 e. The largest absolute Gasteiger partial charge is 0.378 e. The molecule has 1 aromatic carbocycles. The van der Waals surface area contributed by atoms with Gasteiger partial charge in [-0.2, -0.15) is 0 Å². The average molecular weight is 206 g/mol. The molecule has 2 rings (SSSR count). The Hall–Kier alpha value is -1.06. The summed E-state index contributed by atoms with van der Waals surface area (Å²) in [7, 11) is 0. The second kappa shape index (κ2) is 4.64. The fourth-order valence-electron chi connectivity index (χ4n) is 1.81. The van der Waals surface area contributed by atoms with Gasteiger partial charge < -0.3 is 15.4 Å². The van der Waals surface area contributed by atoms with E-state index in [0.717, 1.165) is 26.3 Å². The van der Waals surface area contributed by atoms with Crippen LogP contribution in [0.2, 0.25) is 0 Å². The van der Waals surface area contributed by atoms with Crippen molar-refractivity contribution in [1.82, 2.24) is 0 Å². The van der Waals surface area contributed by atoms with E-state index >= 15 is 0 Å². The number of nitrogens with zero attached hydrogens (tertiary/aromatic N) is 1. The maximum absolute atomic E-state index is 5.81. The van der Waals surface area contributed by atoms with Crippen LogP contribution >= 0.6 is 0 Å². The molecule has 82 valence electrons. The Morgan fingerprint density at radius 3 is 2.33 bits per heavy atom. The van der Waals surface area contributed by atoms with E-state index in [9.17, 15) is 0 Å². The van der Waals surface area contributed by atoms with Gasteiger partial charge in [0.05, 0.1) is 13.2 Å². The Labute approximate surface area is 90.8 Å². The predicted octanol–water partition coefficient (Wildman–Crippen LogP) is 1.54. The number of nitrogens with two attached hydrogens (primary N) is 1. The third-order valence-corrected chi connectivity index (χ3v) is 2.80. The molecule has 1 aliphatic rings. The normalized spacial score (nSPS) is 18.9. The first kappa shape index (κ1) is 10.5. The van der Waals surface area contributed by atoms with Crippen LogP contribution in [0.15, 0.2) is 24.3 Å². The van der Waals surface area contributed by atoms with Crippen LogP contribution in [-0.4, -0.2) is 26.3 Å². The second-order valence-electron chi connectivity index (χ2n) is 3.98. The molecule has 1 heterocycles. The molecule has 1 aliphatic heterocycles. The minimum atomic E-state index is 0.115. The van der Waals surface area contributed by atoms with Crippen LogP contribution in [-0.2, 0) is 4.74 Å². The minimum Gasteiger partial charge on any atom is -0.378 e. The van der Waals surface area contributed by atoms with Crippen molar-refractivity contribution in [2.75, 3.05) is 31.2 Å². The van der Waals surface area contributed by atoms with Crippen molar-refractivity contribution in [3.8, 4) is 0 Å². The minimum absolute atomic E-state index is 0.115. The zero-order valence-corrected chi connectivity index (χ0v) is 9.15. The summed E-state index contributed by atoms with van der Waals surface area (Å²) in [5.74, 6) is 0. The lowest BCUT2D eigenvalue weighted by atomic mass is 10.1. The topological polar surface area (TPSA) is 38.5 Å². The molecule has 0 amide bonds. The Morgan fingerprint density at radius 2 is 1.80 bits per heavy atom. The molecule has 15 heavy (non-hydrogen) atoms. The summed E-state index contributed by atoms with van der Waals surface area (Å²) >= 11 is 0. The van der Waals surface area contributed by atoms with E-state index in [2.05, 4.69) is 29.2 Å². The zero-order valence-electron chi connectivity index (χ0n) is 9.15. The molecule has 0 unspecified atom stereocenters. The van der Waals surface area contributed by atoms with Crippen LogP contribution in [0.3, 0.4) is 0 Å². The van der Waals surface area contributed by atoms with Crippen LogP contribution in [0.25, 0.3) is 0 Å². The van der Waals surface area contributed by atoms with Crippen molar-refractivity contribution in [2.24, 2.45) is 5.73 Å². The third kappa shape index (κ3) is 2.49. The van der Waals surface area contributed by atoms with E-state index in [1.54, 1.807) is 0 Å². The van der Waals surface area contributed by atoms with Crippen molar-refractivity contribution >= 4 is 5.69 Å². The standard InChI is InChI=1S/C12H18N2O/c1-10(13)11-2-4-12(5-3-11)14-6-8-15-9-7-14/h2-5,10H,6-9,13H2,1H3/t10-/m1/s1. The quantitative estimate of drug-likeness (QED) is 0.797. The van der Waals surface area contributed by atoms with Gasteiger partial charge in [0, 0.05) is 24.8 Å². The van der Waals surface area contributed by atoms with Gasteiger partial charge in [-0.3, -0.25) is 0 Å². The van der Waals surface area contributed by atoms with Crippen LogP contribution < -0.4 is 10.6 Å². The molecule has 0 bridgehead atoms. The second-order valence-corrected chi connectivity index (χ2v) is 3.98. The van der Waals surface area contributed by atoms with Gasteiger partial charge in [-0.05, 0) is 24.6 Å². The van der Waals surface area contributed by atoms with Gasteiger partial charge in [0.2, 0.25) is 0 Å². The fraction of sp³-hybridized carbons (Fsp3) is 0.500. The van der Waals surface area contributed by atoms with E-state index in [1.165, 1.54) is 11.3 Å². The summed E-state index contributed by atoms with van der Waals surface area (Å²) in [6.45, 7) is 5.63. The lowest BCUT2D eigenvalue weighted by Gasteiger charge is -2.29. The first-order valence-electron chi connectivity index (χ1n) is 5.45. The molecule has 0 radical (unpaired) electrons. The molecule has 3 nitrogen and oxygen atoms in total. The molecule has 0 aromatic heterocycles. The van der Waals surface area contributed by atoms with E-state index in [-0.39, 0.29) is 6.04 Å². The number of hydrogen-bond acceptors (Lipinski definition) is 3. The van der Waals surface area contributed by atoms with Crippen molar-refractivity contribution in [1.29, 1.82) is 0 Å². The van der Waals surface area contributed by atoms with Crippen LogP contribution in [0.1, 0.15) is 18.5 Å². The SMILES string of the molecule is C[C@@H](N)c1ccc(N2CCOCC2)cc1. The molecule has 0 saturated carbocycles. The molecular formula is C12H18N2O. The van der Waals surface area contributed by atoms with Crippen LogP contribution in [0.4, 0.5) is 5.69 Å². The molecule has 3 heteroatoms. The van der Waals surface area contributed by atoms with E-state index in [1.807, 2.05) is 6.92 Å². The lowest BCUT2D eigenvalue weighted by molar-refractivity contribution is 0.122. The fourth-order valence-corrected chi connectivity index (χ4v) is 1.81. The van der Waals surface area contributed by atoms with Gasteiger partial charge in [0.1, 0.15) is 0 Å². The lowest BCUT2D eigenvalue weighted by Crippen LogP contribution is -2.36. The maximum atomic E-state index is 5.81. The first-order valence-corrected chi connectivity index (χ1v) is 5.45. The molecule has 0 spiro atoms. The molecule has 0 aliphatic carbocycles. The van der Waals surface area contributed by atoms with Gasteiger partial charge in [0.15, 0.2) is 0 Å². The van der Waals surface area contributed by atoms with Crippen molar-refractivity contribution in [3.63, 3.8) is 0 Å². The first-order chi connectivity index (χ1) is 7.27. The van der Waals surface area contributed by atoms with Gasteiger partial charge in [-0.25, -0.2) is 0 Å². The molecule has 1 fully saturated rings. The Kier molecular flexibility index (Phi) is 3.23. The molecule has 1 aromatic rings. The Morgan fingerprint density at radius 1 is 1.20 bits per heavy atom. The maximum Gasteiger partial charge on any atom is 0.0642 e. The molecule has 2 N–H and O–H groups in total. The Bertz CT molecular complexity index is 302. The summed E-state index contributed by atoms with van der Waals surface area (Å²) in [5.41, 5.74) is 8.26. The molecule has 1 saturated heterocycles. The number of rotatable bonds is 2. The summed E-state index contributed by atoms with van der Waals surface area (Å²) in [4.78, 5) is 2.34. The van der Waals surface area contributed by atoms with E-state index < -0.39 is 0 Å². The monoisotopic (exact) mass is 206 g/mol. The highest BCUT2D eigenvalue weighted by molar-refractivity contribution is 5.48. The summed E-state index contributed by atoms with van der Waals surface area (Å²) < 4.78 is 5.32. The van der Waals surface area contributed by atoms with E-state index in [4.69, 9.17) is 10.5 Å². The summed E-state index contributed by atoms with van der Waals surface area (Å²) in [6.07, 6.45) is 0. The van der Waals surface area contributed by atoms with Gasteiger partial charge in [-0.15, -0.1) is 0 Å². The summed E-state index contributed by atoms with van der Waals surface area (Å²) in [5, 5.41) is 0. The van der Waals surface area contributed by atoms with Crippen LogP contribution in [0.5, 0.6) is 0 Å². The van der Waals surface area contributed by atoms with Crippen molar-refractivity contribution in [2.45, 2.75) is 13.0 Å². The highest BCUT2D eigenvalue weighted by Crippen LogP contribution is 2.18. The number of benzene rings is 1.